The maximum Gasteiger partial charge on any atom is 0.355 e. The molecule has 0 unspecified atom stereocenters. The summed E-state index contributed by atoms with van der Waals surface area (Å²) in [5, 5.41) is 0.953. The molecule has 0 amide bonds. The Hall–Kier alpha value is -1.84. The minimum atomic E-state index is -0.460. The third-order valence-corrected chi connectivity index (χ3v) is 2.16. The van der Waals surface area contributed by atoms with Gasteiger partial charge in [-0.2, -0.15) is 0 Å². The summed E-state index contributed by atoms with van der Waals surface area (Å²) in [7, 11) is 0. The molecular formula is C11H10FNO2. The Morgan fingerprint density at radius 1 is 1.47 bits per heavy atom. The summed E-state index contributed by atoms with van der Waals surface area (Å²) in [6.07, 6.45) is 1.47. The Labute approximate surface area is 85.9 Å². The van der Waals surface area contributed by atoms with Gasteiger partial charge in [-0.3, -0.25) is 0 Å². The number of hydrogen-bond acceptors (Lipinski definition) is 2. The summed E-state index contributed by atoms with van der Waals surface area (Å²) < 4.78 is 18.1. The number of aromatic amines is 1. The van der Waals surface area contributed by atoms with Crippen LogP contribution in [0.2, 0.25) is 0 Å². The first-order chi connectivity index (χ1) is 7.24. The molecule has 0 aliphatic carbocycles. The van der Waals surface area contributed by atoms with Gasteiger partial charge in [0.15, 0.2) is 0 Å². The van der Waals surface area contributed by atoms with Crippen molar-refractivity contribution in [2.45, 2.75) is 6.92 Å². The van der Waals surface area contributed by atoms with Crippen LogP contribution in [-0.2, 0) is 4.74 Å². The largest absolute Gasteiger partial charge is 0.461 e. The Balaban J connectivity index is 2.54. The van der Waals surface area contributed by atoms with E-state index in [4.69, 9.17) is 4.74 Å². The Morgan fingerprint density at radius 3 is 3.00 bits per heavy atom. The van der Waals surface area contributed by atoms with E-state index in [0.717, 1.165) is 0 Å². The number of benzene rings is 1. The van der Waals surface area contributed by atoms with Crippen molar-refractivity contribution in [2.24, 2.45) is 0 Å². The third-order valence-electron chi connectivity index (χ3n) is 2.16. The predicted octanol–water partition coefficient (Wildman–Crippen LogP) is 2.48. The number of carbonyl (C=O) groups is 1. The van der Waals surface area contributed by atoms with Crippen molar-refractivity contribution in [1.82, 2.24) is 4.98 Å². The molecule has 0 atom stereocenters. The first-order valence-electron chi connectivity index (χ1n) is 4.66. The molecule has 1 heterocycles. The number of aromatic nitrogens is 1. The molecule has 2 aromatic rings. The van der Waals surface area contributed by atoms with Crippen LogP contribution in [0.4, 0.5) is 4.39 Å². The highest BCUT2D eigenvalue weighted by atomic mass is 19.1. The molecule has 0 bridgehead atoms. The fourth-order valence-electron chi connectivity index (χ4n) is 1.50. The second kappa shape index (κ2) is 3.73. The lowest BCUT2D eigenvalue weighted by Gasteiger charge is -1.99. The second-order valence-corrected chi connectivity index (χ2v) is 3.09. The van der Waals surface area contributed by atoms with E-state index < -0.39 is 5.97 Å². The van der Waals surface area contributed by atoms with Gasteiger partial charge < -0.3 is 9.72 Å². The van der Waals surface area contributed by atoms with Crippen molar-refractivity contribution in [2.75, 3.05) is 6.61 Å². The third kappa shape index (κ3) is 1.58. The van der Waals surface area contributed by atoms with Gasteiger partial charge >= 0.3 is 5.97 Å². The van der Waals surface area contributed by atoms with E-state index in [1.54, 1.807) is 19.1 Å². The number of ether oxygens (including phenoxy) is 1. The average molecular weight is 207 g/mol. The Kier molecular flexibility index (Phi) is 2.41. The molecule has 0 saturated heterocycles. The first kappa shape index (κ1) is 9.71. The van der Waals surface area contributed by atoms with Gasteiger partial charge in [0.1, 0.15) is 11.5 Å². The monoisotopic (exact) mass is 207 g/mol. The SMILES string of the molecule is CCOC(=O)c1[nH]cc2c(F)cccc12. The Morgan fingerprint density at radius 2 is 2.27 bits per heavy atom. The van der Waals surface area contributed by atoms with Crippen LogP contribution in [0.1, 0.15) is 17.4 Å². The number of nitrogens with one attached hydrogen (secondary N) is 1. The molecule has 0 radical (unpaired) electrons. The van der Waals surface area contributed by atoms with Gasteiger partial charge in [-0.05, 0) is 13.0 Å². The maximum absolute atomic E-state index is 13.3. The highest BCUT2D eigenvalue weighted by molar-refractivity contribution is 6.03. The summed E-state index contributed by atoms with van der Waals surface area (Å²) >= 11 is 0. The van der Waals surface area contributed by atoms with Crippen molar-refractivity contribution in [1.29, 1.82) is 0 Å². The maximum atomic E-state index is 13.3. The van der Waals surface area contributed by atoms with Crippen LogP contribution < -0.4 is 0 Å². The molecule has 2 rings (SSSR count). The van der Waals surface area contributed by atoms with E-state index in [1.165, 1.54) is 12.3 Å². The normalized spacial score (nSPS) is 10.5. The van der Waals surface area contributed by atoms with Crippen molar-refractivity contribution >= 4 is 16.7 Å². The minimum Gasteiger partial charge on any atom is -0.461 e. The van der Waals surface area contributed by atoms with Gasteiger partial charge in [0.05, 0.1) is 6.61 Å². The predicted molar refractivity (Wildman–Crippen MR) is 54.2 cm³/mol. The van der Waals surface area contributed by atoms with Gasteiger partial charge in [0, 0.05) is 17.0 Å². The zero-order chi connectivity index (χ0) is 10.8. The number of H-pyrrole nitrogens is 1. The van der Waals surface area contributed by atoms with Crippen molar-refractivity contribution < 1.29 is 13.9 Å². The van der Waals surface area contributed by atoms with Gasteiger partial charge in [0.2, 0.25) is 0 Å². The standard InChI is InChI=1S/C11H10FNO2/c1-2-15-11(14)10-7-4-3-5-9(12)8(7)6-13-10/h3-6,13H,2H2,1H3. The topological polar surface area (TPSA) is 42.1 Å². The minimum absolute atomic E-state index is 0.298. The fraction of sp³-hybridized carbons (Fsp3) is 0.182. The lowest BCUT2D eigenvalue weighted by molar-refractivity contribution is 0.0522. The summed E-state index contributed by atoms with van der Waals surface area (Å²) in [5.41, 5.74) is 0.298. The second-order valence-electron chi connectivity index (χ2n) is 3.09. The van der Waals surface area contributed by atoms with Crippen LogP contribution in [0.5, 0.6) is 0 Å². The molecule has 0 aliphatic rings. The van der Waals surface area contributed by atoms with Crippen LogP contribution in [0.15, 0.2) is 24.4 Å². The summed E-state index contributed by atoms with van der Waals surface area (Å²) in [4.78, 5) is 14.2. The van der Waals surface area contributed by atoms with Gasteiger partial charge in [-0.1, -0.05) is 12.1 Å². The van der Waals surface area contributed by atoms with E-state index in [2.05, 4.69) is 4.98 Å². The number of carbonyl (C=O) groups excluding carboxylic acids is 1. The van der Waals surface area contributed by atoms with E-state index in [-0.39, 0.29) is 5.82 Å². The lowest BCUT2D eigenvalue weighted by atomic mass is 10.2. The Bertz CT molecular complexity index is 504. The molecular weight excluding hydrogens is 197 g/mol. The smallest absolute Gasteiger partial charge is 0.355 e. The highest BCUT2D eigenvalue weighted by Crippen LogP contribution is 2.21. The lowest BCUT2D eigenvalue weighted by Crippen LogP contribution is -2.05. The fourth-order valence-corrected chi connectivity index (χ4v) is 1.50. The molecule has 1 N–H and O–H groups in total. The van der Waals surface area contributed by atoms with Crippen LogP contribution in [0, 0.1) is 5.82 Å². The molecule has 0 aliphatic heterocycles. The molecule has 78 valence electrons. The first-order valence-corrected chi connectivity index (χ1v) is 4.66. The van der Waals surface area contributed by atoms with Gasteiger partial charge in [-0.25, -0.2) is 9.18 Å². The summed E-state index contributed by atoms with van der Waals surface area (Å²) in [5.74, 6) is -0.808. The quantitative estimate of drug-likeness (QED) is 0.768. The highest BCUT2D eigenvalue weighted by Gasteiger charge is 2.14. The zero-order valence-electron chi connectivity index (χ0n) is 8.21. The number of esters is 1. The number of hydrogen-bond donors (Lipinski definition) is 1. The van der Waals surface area contributed by atoms with Crippen LogP contribution >= 0.6 is 0 Å². The molecule has 3 nitrogen and oxygen atoms in total. The molecule has 15 heavy (non-hydrogen) atoms. The molecule has 0 fully saturated rings. The zero-order valence-corrected chi connectivity index (χ0v) is 8.21. The summed E-state index contributed by atoms with van der Waals surface area (Å²) in [6, 6.07) is 4.60. The van der Waals surface area contributed by atoms with Crippen LogP contribution in [0.3, 0.4) is 0 Å². The molecule has 0 spiro atoms. The average Bonchev–Trinajstić information content (AvgIpc) is 2.63. The summed E-state index contributed by atoms with van der Waals surface area (Å²) in [6.45, 7) is 2.03. The molecule has 0 saturated carbocycles. The van der Waals surface area contributed by atoms with E-state index in [1.807, 2.05) is 0 Å². The van der Waals surface area contributed by atoms with Crippen molar-refractivity contribution in [3.05, 3.63) is 35.9 Å². The van der Waals surface area contributed by atoms with Crippen molar-refractivity contribution in [3.63, 3.8) is 0 Å². The molecule has 1 aromatic heterocycles. The van der Waals surface area contributed by atoms with E-state index in [9.17, 15) is 9.18 Å². The molecule has 4 heteroatoms. The number of fused-ring (bicyclic) bond motifs is 1. The molecule has 1 aromatic carbocycles. The van der Waals surface area contributed by atoms with E-state index in [0.29, 0.717) is 23.1 Å². The van der Waals surface area contributed by atoms with E-state index >= 15 is 0 Å². The van der Waals surface area contributed by atoms with Crippen molar-refractivity contribution in [3.8, 4) is 0 Å². The van der Waals surface area contributed by atoms with Gasteiger partial charge in [-0.15, -0.1) is 0 Å². The van der Waals surface area contributed by atoms with Gasteiger partial charge in [0.25, 0.3) is 0 Å². The van der Waals surface area contributed by atoms with Crippen LogP contribution in [0.25, 0.3) is 10.8 Å². The number of rotatable bonds is 2. The number of halogens is 1. The van der Waals surface area contributed by atoms with Crippen LogP contribution in [-0.4, -0.2) is 17.6 Å².